The van der Waals surface area contributed by atoms with Crippen LogP contribution in [-0.4, -0.2) is 35.8 Å². The number of hydrogen-bond donors (Lipinski definition) is 2. The first kappa shape index (κ1) is 12.3. The fraction of sp³-hybridized carbons (Fsp3) is 1.00. The van der Waals surface area contributed by atoms with Crippen molar-refractivity contribution < 1.29 is 5.11 Å². The Balaban J connectivity index is 3.46. The summed E-state index contributed by atoms with van der Waals surface area (Å²) in [6.07, 6.45) is 2.01. The minimum absolute atomic E-state index is 0.561. The smallest absolute Gasteiger partial charge is 0.0833 e. The number of aliphatic hydroxyl groups is 1. The van der Waals surface area contributed by atoms with Gasteiger partial charge in [0.1, 0.15) is 0 Å². The van der Waals surface area contributed by atoms with Gasteiger partial charge in [-0.1, -0.05) is 13.8 Å². The van der Waals surface area contributed by atoms with Crippen molar-refractivity contribution in [2.24, 2.45) is 5.92 Å². The van der Waals surface area contributed by atoms with Crippen LogP contribution >= 0.6 is 11.8 Å². The molecule has 0 fully saturated rings. The second kappa shape index (κ2) is 5.84. The van der Waals surface area contributed by atoms with Crippen molar-refractivity contribution in [1.82, 2.24) is 5.32 Å². The second-order valence-corrected chi connectivity index (χ2v) is 4.82. The van der Waals surface area contributed by atoms with Gasteiger partial charge < -0.3 is 10.4 Å². The topological polar surface area (TPSA) is 32.3 Å². The molecular formula is C9H21NOS. The Morgan fingerprint density at radius 1 is 1.50 bits per heavy atom. The highest BCUT2D eigenvalue weighted by Gasteiger charge is 2.18. The molecule has 2 nitrogen and oxygen atoms in total. The summed E-state index contributed by atoms with van der Waals surface area (Å²) in [5.74, 6) is 1.44. The predicted molar refractivity (Wildman–Crippen MR) is 56.7 cm³/mol. The lowest BCUT2D eigenvalue weighted by atomic mass is 10.1. The summed E-state index contributed by atoms with van der Waals surface area (Å²) in [5, 5.41) is 13.0. The Morgan fingerprint density at radius 3 is 2.50 bits per heavy atom. The van der Waals surface area contributed by atoms with E-state index in [2.05, 4.69) is 19.2 Å². The van der Waals surface area contributed by atoms with Crippen molar-refractivity contribution in [3.05, 3.63) is 0 Å². The molecule has 3 heteroatoms. The molecule has 0 aromatic rings. The van der Waals surface area contributed by atoms with Crippen LogP contribution in [-0.2, 0) is 0 Å². The third kappa shape index (κ3) is 6.95. The summed E-state index contributed by atoms with van der Waals surface area (Å²) in [5.41, 5.74) is -0.561. The van der Waals surface area contributed by atoms with Crippen molar-refractivity contribution in [3.8, 4) is 0 Å². The van der Waals surface area contributed by atoms with E-state index in [-0.39, 0.29) is 0 Å². The van der Waals surface area contributed by atoms with Gasteiger partial charge in [0, 0.05) is 12.3 Å². The molecule has 0 amide bonds. The molecule has 1 atom stereocenters. The summed E-state index contributed by atoms with van der Waals surface area (Å²) in [4.78, 5) is 0. The standard InChI is InChI=1S/C9H21NOS/c1-8(2)5-10-6-9(3,11)7-12-4/h8,10-11H,5-7H2,1-4H3. The zero-order valence-corrected chi connectivity index (χ0v) is 9.37. The first-order chi connectivity index (χ1) is 5.48. The fourth-order valence-electron chi connectivity index (χ4n) is 0.992. The van der Waals surface area contributed by atoms with Crippen LogP contribution in [0.1, 0.15) is 20.8 Å². The van der Waals surface area contributed by atoms with Gasteiger partial charge in [0.25, 0.3) is 0 Å². The van der Waals surface area contributed by atoms with E-state index < -0.39 is 5.60 Å². The maximum atomic E-state index is 9.74. The van der Waals surface area contributed by atoms with Gasteiger partial charge in [-0.2, -0.15) is 11.8 Å². The van der Waals surface area contributed by atoms with Crippen LogP contribution in [0.25, 0.3) is 0 Å². The first-order valence-corrected chi connectivity index (χ1v) is 5.79. The van der Waals surface area contributed by atoms with Gasteiger partial charge in [0.15, 0.2) is 0 Å². The summed E-state index contributed by atoms with van der Waals surface area (Å²) in [7, 11) is 0. The number of hydrogen-bond acceptors (Lipinski definition) is 3. The molecule has 0 bridgehead atoms. The highest BCUT2D eigenvalue weighted by molar-refractivity contribution is 7.98. The van der Waals surface area contributed by atoms with Crippen LogP contribution in [0.5, 0.6) is 0 Å². The molecule has 0 aromatic carbocycles. The van der Waals surface area contributed by atoms with E-state index in [0.29, 0.717) is 12.5 Å². The van der Waals surface area contributed by atoms with E-state index >= 15 is 0 Å². The van der Waals surface area contributed by atoms with Crippen LogP contribution in [0.15, 0.2) is 0 Å². The lowest BCUT2D eigenvalue weighted by Gasteiger charge is -2.23. The zero-order valence-electron chi connectivity index (χ0n) is 8.55. The third-order valence-electron chi connectivity index (χ3n) is 1.51. The highest BCUT2D eigenvalue weighted by atomic mass is 32.2. The lowest BCUT2D eigenvalue weighted by molar-refractivity contribution is 0.0842. The van der Waals surface area contributed by atoms with Gasteiger partial charge in [-0.3, -0.25) is 0 Å². The van der Waals surface area contributed by atoms with E-state index in [4.69, 9.17) is 0 Å². The molecule has 12 heavy (non-hydrogen) atoms. The summed E-state index contributed by atoms with van der Waals surface area (Å²) < 4.78 is 0. The van der Waals surface area contributed by atoms with Crippen molar-refractivity contribution >= 4 is 11.8 Å². The molecule has 2 N–H and O–H groups in total. The molecule has 0 aliphatic heterocycles. The first-order valence-electron chi connectivity index (χ1n) is 4.40. The maximum absolute atomic E-state index is 9.74. The summed E-state index contributed by atoms with van der Waals surface area (Å²) in [6.45, 7) is 7.86. The largest absolute Gasteiger partial charge is 0.388 e. The van der Waals surface area contributed by atoms with Gasteiger partial charge >= 0.3 is 0 Å². The van der Waals surface area contributed by atoms with Crippen LogP contribution in [0.2, 0.25) is 0 Å². The molecule has 0 saturated carbocycles. The minimum atomic E-state index is -0.561. The summed E-state index contributed by atoms with van der Waals surface area (Å²) >= 11 is 1.68. The molecule has 0 aliphatic rings. The third-order valence-corrected chi connectivity index (χ3v) is 2.42. The van der Waals surface area contributed by atoms with Gasteiger partial charge in [0.05, 0.1) is 5.60 Å². The van der Waals surface area contributed by atoms with Crippen LogP contribution in [0, 0.1) is 5.92 Å². The van der Waals surface area contributed by atoms with E-state index in [1.807, 2.05) is 13.2 Å². The van der Waals surface area contributed by atoms with Crippen LogP contribution < -0.4 is 5.32 Å². The lowest BCUT2D eigenvalue weighted by Crippen LogP contribution is -2.41. The molecule has 0 saturated heterocycles. The van der Waals surface area contributed by atoms with E-state index in [0.717, 1.165) is 12.3 Å². The quantitative estimate of drug-likeness (QED) is 0.664. The highest BCUT2D eigenvalue weighted by Crippen LogP contribution is 2.08. The van der Waals surface area contributed by atoms with E-state index in [9.17, 15) is 5.11 Å². The Bertz CT molecular complexity index is 115. The van der Waals surface area contributed by atoms with Crippen molar-refractivity contribution in [1.29, 1.82) is 0 Å². The van der Waals surface area contributed by atoms with Crippen molar-refractivity contribution in [2.45, 2.75) is 26.4 Å². The maximum Gasteiger partial charge on any atom is 0.0833 e. The van der Waals surface area contributed by atoms with Gasteiger partial charge in [-0.25, -0.2) is 0 Å². The Hall–Kier alpha value is 0.270. The fourth-order valence-corrected chi connectivity index (χ4v) is 1.72. The minimum Gasteiger partial charge on any atom is -0.388 e. The van der Waals surface area contributed by atoms with Crippen LogP contribution in [0.3, 0.4) is 0 Å². The Kier molecular flexibility index (Phi) is 5.97. The SMILES string of the molecule is CSCC(C)(O)CNCC(C)C. The monoisotopic (exact) mass is 191 g/mol. The molecule has 0 rings (SSSR count). The zero-order chi connectivity index (χ0) is 9.61. The normalized spacial score (nSPS) is 16.5. The molecule has 0 spiro atoms. The van der Waals surface area contributed by atoms with Gasteiger partial charge in [-0.15, -0.1) is 0 Å². The Morgan fingerprint density at radius 2 is 2.08 bits per heavy atom. The van der Waals surface area contributed by atoms with Gasteiger partial charge in [0.2, 0.25) is 0 Å². The van der Waals surface area contributed by atoms with E-state index in [1.54, 1.807) is 11.8 Å². The number of nitrogens with one attached hydrogen (secondary N) is 1. The molecule has 0 heterocycles. The Labute approximate surface area is 80.1 Å². The average Bonchev–Trinajstić information content (AvgIpc) is 1.85. The van der Waals surface area contributed by atoms with E-state index in [1.165, 1.54) is 0 Å². The molecular weight excluding hydrogens is 170 g/mol. The average molecular weight is 191 g/mol. The summed E-state index contributed by atoms with van der Waals surface area (Å²) in [6, 6.07) is 0. The van der Waals surface area contributed by atoms with Gasteiger partial charge in [-0.05, 0) is 25.6 Å². The predicted octanol–water partition coefficient (Wildman–Crippen LogP) is 1.35. The molecule has 74 valence electrons. The van der Waals surface area contributed by atoms with Crippen molar-refractivity contribution in [3.63, 3.8) is 0 Å². The molecule has 0 radical (unpaired) electrons. The number of thioether (sulfide) groups is 1. The molecule has 0 aromatic heterocycles. The number of rotatable bonds is 6. The molecule has 1 unspecified atom stereocenters. The van der Waals surface area contributed by atoms with Crippen LogP contribution in [0.4, 0.5) is 0 Å². The molecule has 0 aliphatic carbocycles. The van der Waals surface area contributed by atoms with Crippen molar-refractivity contribution in [2.75, 3.05) is 25.1 Å². The second-order valence-electron chi connectivity index (χ2n) is 3.95.